The first-order chi connectivity index (χ1) is 15.7. The van der Waals surface area contributed by atoms with Gasteiger partial charge in [0.1, 0.15) is 5.82 Å². The van der Waals surface area contributed by atoms with Gasteiger partial charge in [0.05, 0.1) is 12.0 Å². The zero-order valence-corrected chi connectivity index (χ0v) is 19.9. The minimum absolute atomic E-state index is 0.0838. The Kier molecular flexibility index (Phi) is 6.91. The first kappa shape index (κ1) is 23.5. The van der Waals surface area contributed by atoms with Crippen LogP contribution in [0, 0.1) is 30.5 Å². The van der Waals surface area contributed by atoms with E-state index in [1.807, 2.05) is 25.2 Å². The number of hydrogen-bond acceptors (Lipinski definition) is 2. The van der Waals surface area contributed by atoms with Crippen molar-refractivity contribution >= 4 is 40.7 Å². The van der Waals surface area contributed by atoms with Crippen molar-refractivity contribution < 1.29 is 14.0 Å². The molecule has 1 aliphatic heterocycles. The van der Waals surface area contributed by atoms with Crippen LogP contribution in [0.3, 0.4) is 0 Å². The molecule has 2 aliphatic rings. The Morgan fingerprint density at radius 1 is 1.18 bits per heavy atom. The van der Waals surface area contributed by atoms with Crippen LogP contribution in [-0.4, -0.2) is 23.8 Å². The average molecular weight is 487 g/mol. The minimum Gasteiger partial charge on any atom is -0.338 e. The Bertz CT molecular complexity index is 1150. The van der Waals surface area contributed by atoms with Crippen LogP contribution < -0.4 is 5.32 Å². The third-order valence-corrected chi connectivity index (χ3v) is 7.07. The van der Waals surface area contributed by atoms with E-state index in [9.17, 15) is 14.0 Å². The van der Waals surface area contributed by atoms with Gasteiger partial charge in [-0.25, -0.2) is 4.39 Å². The lowest BCUT2D eigenvalue weighted by Crippen LogP contribution is -2.51. The van der Waals surface area contributed by atoms with Gasteiger partial charge in [-0.05, 0) is 72.7 Å². The van der Waals surface area contributed by atoms with Crippen LogP contribution in [0.5, 0.6) is 0 Å². The van der Waals surface area contributed by atoms with Crippen molar-refractivity contribution in [3.8, 4) is 0 Å². The fraction of sp³-hybridized carbons (Fsp3) is 0.308. The molecule has 0 spiro atoms. The fourth-order valence-corrected chi connectivity index (χ4v) is 5.39. The van der Waals surface area contributed by atoms with Gasteiger partial charge in [-0.15, -0.1) is 0 Å². The minimum atomic E-state index is -0.621. The highest BCUT2D eigenvalue weighted by atomic mass is 35.5. The second-order valence-corrected chi connectivity index (χ2v) is 9.57. The Morgan fingerprint density at radius 3 is 2.70 bits per heavy atom. The summed E-state index contributed by atoms with van der Waals surface area (Å²) in [5.41, 5.74) is 2.01. The maximum atomic E-state index is 14.3. The second-order valence-electron chi connectivity index (χ2n) is 8.70. The van der Waals surface area contributed by atoms with E-state index in [2.05, 4.69) is 5.32 Å². The summed E-state index contributed by atoms with van der Waals surface area (Å²) in [5.74, 6) is -1.75. The maximum Gasteiger partial charge on any atom is 0.230 e. The van der Waals surface area contributed by atoms with Crippen LogP contribution in [0.2, 0.25) is 5.02 Å². The summed E-state index contributed by atoms with van der Waals surface area (Å²) >= 11 is 12.4. The smallest absolute Gasteiger partial charge is 0.230 e. The van der Waals surface area contributed by atoms with Gasteiger partial charge in [0, 0.05) is 29.2 Å². The molecule has 4 atom stereocenters. The number of likely N-dealkylation sites (tertiary alicyclic amines) is 1. The summed E-state index contributed by atoms with van der Waals surface area (Å²) in [5, 5.41) is 4.07. The Balaban J connectivity index is 1.80. The van der Waals surface area contributed by atoms with E-state index < -0.39 is 17.8 Å². The lowest BCUT2D eigenvalue weighted by Gasteiger charge is -2.45. The van der Waals surface area contributed by atoms with Gasteiger partial charge in [0.2, 0.25) is 11.8 Å². The number of hydrogen-bond donors (Lipinski definition) is 1. The third-order valence-electron chi connectivity index (χ3n) is 6.59. The van der Waals surface area contributed by atoms with Crippen molar-refractivity contribution in [1.82, 2.24) is 4.90 Å². The topological polar surface area (TPSA) is 49.4 Å². The van der Waals surface area contributed by atoms with Crippen molar-refractivity contribution in [3.63, 3.8) is 0 Å². The van der Waals surface area contributed by atoms with Crippen LogP contribution in [0.25, 0.3) is 0 Å². The van der Waals surface area contributed by atoms with Gasteiger partial charge in [0.25, 0.3) is 0 Å². The number of carbonyl (C=O) groups is 2. The number of piperidine rings is 1. The molecule has 0 bridgehead atoms. The molecule has 172 valence electrons. The molecular weight excluding hydrogens is 462 g/mol. The van der Waals surface area contributed by atoms with Crippen molar-refractivity contribution in [2.45, 2.75) is 25.8 Å². The molecule has 33 heavy (non-hydrogen) atoms. The van der Waals surface area contributed by atoms with Crippen molar-refractivity contribution in [2.24, 2.45) is 17.8 Å². The summed E-state index contributed by atoms with van der Waals surface area (Å²) in [6.45, 7) is 1.86. The van der Waals surface area contributed by atoms with E-state index >= 15 is 0 Å². The van der Waals surface area contributed by atoms with E-state index in [0.717, 1.165) is 5.56 Å². The number of anilines is 1. The molecule has 1 aliphatic carbocycles. The predicted octanol–water partition coefficient (Wildman–Crippen LogP) is 6.26. The summed E-state index contributed by atoms with van der Waals surface area (Å²) in [6, 6.07) is 10.8. The highest BCUT2D eigenvalue weighted by Gasteiger charge is 2.48. The van der Waals surface area contributed by atoms with E-state index in [1.54, 1.807) is 42.3 Å². The van der Waals surface area contributed by atoms with Gasteiger partial charge >= 0.3 is 0 Å². The van der Waals surface area contributed by atoms with Crippen LogP contribution in [-0.2, 0) is 9.59 Å². The zero-order chi connectivity index (χ0) is 23.7. The molecule has 1 N–H and O–H groups in total. The first-order valence-corrected chi connectivity index (χ1v) is 11.6. The number of allylic oxidation sites excluding steroid dienone is 4. The van der Waals surface area contributed by atoms with E-state index in [-0.39, 0.29) is 30.1 Å². The Hall–Kier alpha value is -2.63. The molecule has 2 aromatic rings. The van der Waals surface area contributed by atoms with E-state index in [1.165, 1.54) is 12.1 Å². The molecule has 2 unspecified atom stereocenters. The predicted molar refractivity (Wildman–Crippen MR) is 130 cm³/mol. The molecule has 0 saturated carbocycles. The van der Waals surface area contributed by atoms with Gasteiger partial charge in [-0.1, -0.05) is 47.5 Å². The van der Waals surface area contributed by atoms with Crippen molar-refractivity contribution in [1.29, 1.82) is 0 Å². The Morgan fingerprint density at radius 2 is 1.97 bits per heavy atom. The zero-order valence-electron chi connectivity index (χ0n) is 18.4. The quantitative estimate of drug-likeness (QED) is 0.554. The largest absolute Gasteiger partial charge is 0.338 e. The van der Waals surface area contributed by atoms with Crippen LogP contribution in [0.4, 0.5) is 10.1 Å². The van der Waals surface area contributed by atoms with Gasteiger partial charge < -0.3 is 10.2 Å². The third kappa shape index (κ3) is 4.99. The van der Waals surface area contributed by atoms with Crippen LogP contribution >= 0.6 is 23.2 Å². The maximum absolute atomic E-state index is 14.3. The number of nitrogens with one attached hydrogen (secondary N) is 1. The van der Waals surface area contributed by atoms with Crippen LogP contribution in [0.1, 0.15) is 30.0 Å². The second kappa shape index (κ2) is 9.70. The number of benzene rings is 2. The number of carbonyl (C=O) groups excluding carboxylic acids is 2. The fourth-order valence-electron chi connectivity index (χ4n) is 4.95. The number of nitrogens with zero attached hydrogens (tertiary/aromatic N) is 1. The van der Waals surface area contributed by atoms with Gasteiger partial charge in [0.15, 0.2) is 0 Å². The summed E-state index contributed by atoms with van der Waals surface area (Å²) in [6.07, 6.45) is 6.58. The molecule has 7 heteroatoms. The SMILES string of the molecule is Cc1ccc(F)cc1[C@@H]1C(C(=O)Nc2cccc(Cl)c2)[C@H](C2C=C(Cl)C=CC2)CC(=O)N1C. The van der Waals surface area contributed by atoms with Gasteiger partial charge in [-0.2, -0.15) is 0 Å². The molecule has 0 radical (unpaired) electrons. The molecule has 1 saturated heterocycles. The summed E-state index contributed by atoms with van der Waals surface area (Å²) in [4.78, 5) is 28.5. The summed E-state index contributed by atoms with van der Waals surface area (Å²) < 4.78 is 14.3. The first-order valence-electron chi connectivity index (χ1n) is 10.9. The summed E-state index contributed by atoms with van der Waals surface area (Å²) in [7, 11) is 1.68. The number of aryl methyl sites for hydroxylation is 1. The van der Waals surface area contributed by atoms with Gasteiger partial charge in [-0.3, -0.25) is 9.59 Å². The highest BCUT2D eigenvalue weighted by molar-refractivity contribution is 6.31. The van der Waals surface area contributed by atoms with E-state index in [4.69, 9.17) is 23.2 Å². The number of halogens is 3. The standard InChI is InChI=1S/C26H25Cl2FN2O2/c1-15-9-10-19(29)13-21(15)25-24(26(33)30-20-8-4-7-18(28)12-20)22(14-23(32)31(25)2)16-5-3-6-17(27)11-16/h3-4,6-13,16,22,24-25H,5,14H2,1-2H3,(H,30,33)/t16?,22-,24?,25+/m0/s1. The molecule has 0 aromatic heterocycles. The van der Waals surface area contributed by atoms with Crippen molar-refractivity contribution in [2.75, 3.05) is 12.4 Å². The monoisotopic (exact) mass is 486 g/mol. The van der Waals surface area contributed by atoms with Crippen LogP contribution in [0.15, 0.2) is 65.7 Å². The molecule has 4 rings (SSSR count). The molecular formula is C26H25Cl2FN2O2. The molecule has 1 heterocycles. The number of amides is 2. The molecule has 4 nitrogen and oxygen atoms in total. The molecule has 2 aromatic carbocycles. The lowest BCUT2D eigenvalue weighted by atomic mass is 9.68. The molecule has 2 amide bonds. The Labute approximate surface area is 203 Å². The molecule has 1 fully saturated rings. The lowest BCUT2D eigenvalue weighted by molar-refractivity contribution is -0.145. The average Bonchev–Trinajstić information content (AvgIpc) is 2.77. The number of rotatable bonds is 4. The van der Waals surface area contributed by atoms with E-state index in [0.29, 0.717) is 27.7 Å². The normalized spacial score (nSPS) is 25.1. The van der Waals surface area contributed by atoms with Crippen molar-refractivity contribution in [3.05, 3.63) is 87.7 Å². The highest BCUT2D eigenvalue weighted by Crippen LogP contribution is 2.46.